The molecular weight excluding hydrogens is 160 g/mol. The van der Waals surface area contributed by atoms with Crippen LogP contribution in [-0.4, -0.2) is 5.94 Å². The SMILES string of the molecule is CC(CC=C=O)Cc1ccccc1. The number of allylic oxidation sites excluding steroid dienone is 1. The van der Waals surface area contributed by atoms with E-state index in [9.17, 15) is 4.79 Å². The molecule has 0 aromatic heterocycles. The van der Waals surface area contributed by atoms with E-state index in [1.807, 2.05) is 24.1 Å². The third-order valence-electron chi connectivity index (χ3n) is 2.03. The molecule has 1 aromatic rings. The molecule has 0 bridgehead atoms. The minimum atomic E-state index is 0.517. The lowest BCUT2D eigenvalue weighted by molar-refractivity contribution is 0.560. The maximum Gasteiger partial charge on any atom is 0.120 e. The van der Waals surface area contributed by atoms with Gasteiger partial charge in [-0.2, -0.15) is 0 Å². The number of benzene rings is 1. The lowest BCUT2D eigenvalue weighted by atomic mass is 9.98. The smallest absolute Gasteiger partial charge is 0.120 e. The standard InChI is InChI=1S/C12H14O/c1-11(6-5-9-13)10-12-7-3-2-4-8-12/h2-5,7-8,11H,6,10H2,1H3. The van der Waals surface area contributed by atoms with E-state index in [2.05, 4.69) is 19.1 Å². The van der Waals surface area contributed by atoms with Crippen molar-refractivity contribution in [2.24, 2.45) is 5.92 Å². The van der Waals surface area contributed by atoms with Gasteiger partial charge in [-0.15, -0.1) is 0 Å². The van der Waals surface area contributed by atoms with Crippen LogP contribution in [0.4, 0.5) is 0 Å². The maximum absolute atomic E-state index is 9.98. The Morgan fingerprint density at radius 3 is 2.69 bits per heavy atom. The molecule has 1 rings (SSSR count). The van der Waals surface area contributed by atoms with E-state index in [0.717, 1.165) is 12.8 Å². The third kappa shape index (κ3) is 3.73. The molecule has 0 spiro atoms. The van der Waals surface area contributed by atoms with Gasteiger partial charge in [0.25, 0.3) is 0 Å². The summed E-state index contributed by atoms with van der Waals surface area (Å²) < 4.78 is 0. The molecule has 1 aromatic carbocycles. The summed E-state index contributed by atoms with van der Waals surface area (Å²) in [4.78, 5) is 9.98. The third-order valence-corrected chi connectivity index (χ3v) is 2.03. The highest BCUT2D eigenvalue weighted by molar-refractivity contribution is 5.44. The second-order valence-corrected chi connectivity index (χ2v) is 3.35. The van der Waals surface area contributed by atoms with E-state index in [4.69, 9.17) is 0 Å². The van der Waals surface area contributed by atoms with E-state index < -0.39 is 0 Å². The quantitative estimate of drug-likeness (QED) is 0.641. The van der Waals surface area contributed by atoms with Gasteiger partial charge in [-0.25, -0.2) is 4.79 Å². The molecule has 1 atom stereocenters. The molecule has 0 heterocycles. The Hall–Kier alpha value is -1.33. The van der Waals surface area contributed by atoms with Crippen LogP contribution in [0.15, 0.2) is 36.4 Å². The molecular formula is C12H14O. The maximum atomic E-state index is 9.98. The average molecular weight is 174 g/mol. The second kappa shape index (κ2) is 5.34. The number of hydrogen-bond acceptors (Lipinski definition) is 1. The van der Waals surface area contributed by atoms with Crippen molar-refractivity contribution in [3.8, 4) is 0 Å². The Kier molecular flexibility index (Phi) is 4.01. The van der Waals surface area contributed by atoms with Gasteiger partial charge < -0.3 is 0 Å². The van der Waals surface area contributed by atoms with Crippen LogP contribution in [0.3, 0.4) is 0 Å². The summed E-state index contributed by atoms with van der Waals surface area (Å²) in [5.41, 5.74) is 1.33. The first-order valence-corrected chi connectivity index (χ1v) is 4.56. The second-order valence-electron chi connectivity index (χ2n) is 3.35. The van der Waals surface area contributed by atoms with Crippen molar-refractivity contribution in [2.75, 3.05) is 0 Å². The van der Waals surface area contributed by atoms with Gasteiger partial charge >= 0.3 is 0 Å². The fraction of sp³-hybridized carbons (Fsp3) is 0.333. The lowest BCUT2D eigenvalue weighted by Crippen LogP contribution is -1.97. The fourth-order valence-electron chi connectivity index (χ4n) is 1.35. The van der Waals surface area contributed by atoms with Crippen LogP contribution in [0.1, 0.15) is 18.9 Å². The van der Waals surface area contributed by atoms with E-state index in [-0.39, 0.29) is 0 Å². The van der Waals surface area contributed by atoms with Crippen molar-refractivity contribution in [3.63, 3.8) is 0 Å². The predicted octanol–water partition coefficient (Wildman–Crippen LogP) is 2.64. The molecule has 0 saturated carbocycles. The molecule has 0 N–H and O–H groups in total. The minimum absolute atomic E-state index is 0.517. The molecule has 0 aliphatic rings. The molecule has 0 aliphatic carbocycles. The summed E-state index contributed by atoms with van der Waals surface area (Å²) in [6.45, 7) is 2.14. The summed E-state index contributed by atoms with van der Waals surface area (Å²) in [6, 6.07) is 10.3. The topological polar surface area (TPSA) is 17.1 Å². The monoisotopic (exact) mass is 174 g/mol. The first-order valence-electron chi connectivity index (χ1n) is 4.56. The van der Waals surface area contributed by atoms with Crippen LogP contribution >= 0.6 is 0 Å². The highest BCUT2D eigenvalue weighted by atomic mass is 16.1. The molecule has 0 fully saturated rings. The van der Waals surface area contributed by atoms with Gasteiger partial charge in [-0.05, 0) is 24.3 Å². The summed E-state index contributed by atoms with van der Waals surface area (Å²) in [5.74, 6) is 2.33. The Morgan fingerprint density at radius 1 is 1.38 bits per heavy atom. The van der Waals surface area contributed by atoms with E-state index >= 15 is 0 Å². The van der Waals surface area contributed by atoms with E-state index in [0.29, 0.717) is 5.92 Å². The van der Waals surface area contributed by atoms with Gasteiger partial charge in [-0.3, -0.25) is 0 Å². The van der Waals surface area contributed by atoms with Gasteiger partial charge in [0.1, 0.15) is 5.94 Å². The van der Waals surface area contributed by atoms with Crippen LogP contribution in [-0.2, 0) is 11.2 Å². The van der Waals surface area contributed by atoms with Crippen molar-refractivity contribution in [1.82, 2.24) is 0 Å². The normalized spacial score (nSPS) is 11.8. The highest BCUT2D eigenvalue weighted by Crippen LogP contribution is 2.11. The van der Waals surface area contributed by atoms with Crippen molar-refractivity contribution in [2.45, 2.75) is 19.8 Å². The zero-order valence-corrected chi connectivity index (χ0v) is 7.86. The van der Waals surface area contributed by atoms with Crippen LogP contribution in [0, 0.1) is 5.92 Å². The summed E-state index contributed by atoms with van der Waals surface area (Å²) in [5, 5.41) is 0. The number of carbonyl (C=O) groups excluding carboxylic acids is 1. The lowest BCUT2D eigenvalue weighted by Gasteiger charge is -2.07. The van der Waals surface area contributed by atoms with Crippen molar-refractivity contribution in [3.05, 3.63) is 42.0 Å². The molecule has 1 unspecified atom stereocenters. The largest absolute Gasteiger partial charge is 0.234 e. The van der Waals surface area contributed by atoms with Gasteiger partial charge in [0, 0.05) is 6.08 Å². The predicted molar refractivity (Wildman–Crippen MR) is 54.2 cm³/mol. The molecule has 0 saturated heterocycles. The Morgan fingerprint density at radius 2 is 2.08 bits per heavy atom. The van der Waals surface area contributed by atoms with Gasteiger partial charge in [-0.1, -0.05) is 37.3 Å². The minimum Gasteiger partial charge on any atom is -0.234 e. The molecule has 1 heteroatoms. The summed E-state index contributed by atoms with van der Waals surface area (Å²) in [7, 11) is 0. The Balaban J connectivity index is 2.45. The first kappa shape index (κ1) is 9.76. The van der Waals surface area contributed by atoms with Gasteiger partial charge in [0.15, 0.2) is 0 Å². The first-order chi connectivity index (χ1) is 6.33. The van der Waals surface area contributed by atoms with Crippen molar-refractivity contribution >= 4 is 5.94 Å². The van der Waals surface area contributed by atoms with Crippen LogP contribution in [0.5, 0.6) is 0 Å². The Labute approximate surface area is 79.1 Å². The van der Waals surface area contributed by atoms with Gasteiger partial charge in [0.2, 0.25) is 0 Å². The van der Waals surface area contributed by atoms with Gasteiger partial charge in [0.05, 0.1) is 0 Å². The average Bonchev–Trinajstić information content (AvgIpc) is 2.16. The van der Waals surface area contributed by atoms with E-state index in [1.165, 1.54) is 5.56 Å². The zero-order valence-electron chi connectivity index (χ0n) is 7.86. The zero-order chi connectivity index (χ0) is 9.52. The summed E-state index contributed by atoms with van der Waals surface area (Å²) >= 11 is 0. The number of hydrogen-bond donors (Lipinski definition) is 0. The highest BCUT2D eigenvalue weighted by Gasteiger charge is 2.00. The van der Waals surface area contributed by atoms with Crippen LogP contribution in [0.25, 0.3) is 0 Å². The molecule has 0 aliphatic heterocycles. The molecule has 13 heavy (non-hydrogen) atoms. The Bertz CT molecular complexity index is 283. The summed E-state index contributed by atoms with van der Waals surface area (Å²) in [6.07, 6.45) is 3.41. The van der Waals surface area contributed by atoms with Crippen molar-refractivity contribution in [1.29, 1.82) is 0 Å². The van der Waals surface area contributed by atoms with E-state index in [1.54, 1.807) is 6.08 Å². The molecule has 0 radical (unpaired) electrons. The van der Waals surface area contributed by atoms with Crippen LogP contribution < -0.4 is 0 Å². The fourth-order valence-corrected chi connectivity index (χ4v) is 1.35. The molecule has 0 amide bonds. The molecule has 1 nitrogen and oxygen atoms in total. The number of rotatable bonds is 4. The molecule has 68 valence electrons. The van der Waals surface area contributed by atoms with Crippen LogP contribution in [0.2, 0.25) is 0 Å². The van der Waals surface area contributed by atoms with Crippen molar-refractivity contribution < 1.29 is 4.79 Å².